The number of hydrogen-bond donors (Lipinski definition) is 1. The van der Waals surface area contributed by atoms with Crippen molar-refractivity contribution in [2.24, 2.45) is 0 Å². The summed E-state index contributed by atoms with van der Waals surface area (Å²) in [5.74, 6) is -1.71. The average molecular weight is 348 g/mol. The van der Waals surface area contributed by atoms with Gasteiger partial charge in [-0.15, -0.1) is 0 Å². The number of nitrogens with one attached hydrogen (secondary N) is 1. The molecule has 1 aromatic carbocycles. The number of rotatable bonds is 3. The summed E-state index contributed by atoms with van der Waals surface area (Å²) in [5, 5.41) is 29.2. The molecule has 1 saturated carbocycles. The number of para-hydroxylation sites is 1. The molecule has 8 heteroatoms. The largest absolute Gasteiger partial charge is 0.345 e. The van der Waals surface area contributed by atoms with Gasteiger partial charge in [0, 0.05) is 12.1 Å². The highest BCUT2D eigenvalue weighted by atomic mass is 19.2. The molecule has 25 heavy (non-hydrogen) atoms. The van der Waals surface area contributed by atoms with Crippen LogP contribution in [0.4, 0.5) is 23.2 Å². The lowest BCUT2D eigenvalue weighted by Gasteiger charge is -2.35. The molecule has 1 fully saturated rings. The van der Waals surface area contributed by atoms with Gasteiger partial charge in [-0.05, 0) is 11.6 Å². The van der Waals surface area contributed by atoms with Gasteiger partial charge < -0.3 is 5.32 Å². The predicted molar refractivity (Wildman–Crippen MR) is 80.9 cm³/mol. The monoisotopic (exact) mass is 348 g/mol. The second-order valence-corrected chi connectivity index (χ2v) is 5.48. The first-order valence-corrected chi connectivity index (χ1v) is 7.31. The van der Waals surface area contributed by atoms with Gasteiger partial charge in [0.25, 0.3) is 0 Å². The molecule has 4 nitrogen and oxygen atoms in total. The van der Waals surface area contributed by atoms with Crippen molar-refractivity contribution in [3.63, 3.8) is 0 Å². The normalized spacial score (nSPS) is 28.1. The molecule has 0 saturated heterocycles. The summed E-state index contributed by atoms with van der Waals surface area (Å²) in [5.41, 5.74) is -1.02. The van der Waals surface area contributed by atoms with Crippen LogP contribution in [-0.2, 0) is 0 Å². The van der Waals surface area contributed by atoms with E-state index in [4.69, 9.17) is 15.8 Å². The highest BCUT2D eigenvalue weighted by molar-refractivity contribution is 5.62. The summed E-state index contributed by atoms with van der Waals surface area (Å²) in [4.78, 5) is 0. The molecule has 1 aromatic rings. The van der Waals surface area contributed by atoms with E-state index >= 15 is 0 Å². The fourth-order valence-electron chi connectivity index (χ4n) is 2.76. The van der Waals surface area contributed by atoms with E-state index in [1.165, 1.54) is 36.4 Å². The first-order chi connectivity index (χ1) is 11.9. The summed E-state index contributed by atoms with van der Waals surface area (Å²) in [7, 11) is 0. The van der Waals surface area contributed by atoms with Crippen molar-refractivity contribution in [3.8, 4) is 18.2 Å². The molecule has 0 amide bonds. The van der Waals surface area contributed by atoms with E-state index in [-0.39, 0.29) is 11.3 Å². The SMILES string of the molecule is N#CC(C#N)=C(C#N)Nc1ccccc1C1C(F)C(F)CC(F)C1F. The van der Waals surface area contributed by atoms with Gasteiger partial charge in [0.05, 0.1) is 5.92 Å². The minimum absolute atomic E-state index is 0.00125. The Morgan fingerprint density at radius 1 is 0.920 bits per heavy atom. The van der Waals surface area contributed by atoms with E-state index in [0.717, 1.165) is 0 Å². The van der Waals surface area contributed by atoms with Crippen molar-refractivity contribution < 1.29 is 17.6 Å². The summed E-state index contributed by atoms with van der Waals surface area (Å²) in [6.07, 6.45) is -9.68. The zero-order valence-electron chi connectivity index (χ0n) is 12.8. The quantitative estimate of drug-likeness (QED) is 0.666. The summed E-state index contributed by atoms with van der Waals surface area (Å²) < 4.78 is 55.9. The van der Waals surface area contributed by atoms with Crippen LogP contribution in [0, 0.1) is 34.0 Å². The van der Waals surface area contributed by atoms with E-state index in [1.54, 1.807) is 6.07 Å². The Morgan fingerprint density at radius 3 is 2.00 bits per heavy atom. The number of anilines is 1. The first kappa shape index (κ1) is 18.3. The summed E-state index contributed by atoms with van der Waals surface area (Å²) in [6, 6.07) is 10.2. The van der Waals surface area contributed by atoms with E-state index in [9.17, 15) is 17.6 Å². The molecule has 0 heterocycles. The molecule has 128 valence electrons. The maximum Gasteiger partial charge on any atom is 0.163 e. The van der Waals surface area contributed by atoms with Crippen molar-refractivity contribution >= 4 is 5.69 Å². The molecule has 0 aliphatic heterocycles. The standard InChI is InChI=1S/C17H12F4N4/c18-11-5-12(19)17(21)15(16(11)20)10-3-1-2-4-13(10)25-14(8-24)9(6-22)7-23/h1-4,11-12,15-17,25H,5H2. The van der Waals surface area contributed by atoms with Gasteiger partial charge in [-0.2, -0.15) is 15.8 Å². The highest BCUT2D eigenvalue weighted by Gasteiger charge is 2.48. The van der Waals surface area contributed by atoms with Crippen LogP contribution < -0.4 is 5.32 Å². The van der Waals surface area contributed by atoms with Crippen LogP contribution in [0.3, 0.4) is 0 Å². The Balaban J connectivity index is 2.49. The van der Waals surface area contributed by atoms with E-state index in [2.05, 4.69) is 5.32 Å². The second-order valence-electron chi connectivity index (χ2n) is 5.48. The molecule has 0 spiro atoms. The summed E-state index contributed by atoms with van der Waals surface area (Å²) >= 11 is 0. The number of nitrogens with zero attached hydrogens (tertiary/aromatic N) is 3. The average Bonchev–Trinajstić information content (AvgIpc) is 2.61. The fraction of sp³-hybridized carbons (Fsp3) is 0.353. The Hall–Kier alpha value is -3.05. The molecule has 4 atom stereocenters. The number of nitriles is 3. The number of allylic oxidation sites excluding steroid dienone is 2. The van der Waals surface area contributed by atoms with Crippen molar-refractivity contribution in [2.75, 3.05) is 5.32 Å². The molecule has 2 rings (SSSR count). The zero-order chi connectivity index (χ0) is 18.6. The van der Waals surface area contributed by atoms with Crippen LogP contribution in [0.25, 0.3) is 0 Å². The third-order valence-corrected chi connectivity index (χ3v) is 3.99. The molecular weight excluding hydrogens is 336 g/mol. The van der Waals surface area contributed by atoms with Gasteiger partial charge in [0.15, 0.2) is 5.57 Å². The molecule has 0 bridgehead atoms. The summed E-state index contributed by atoms with van der Waals surface area (Å²) in [6.45, 7) is 0. The minimum atomic E-state index is -2.26. The van der Waals surface area contributed by atoms with Crippen molar-refractivity contribution in [3.05, 3.63) is 41.1 Å². The van der Waals surface area contributed by atoms with E-state index < -0.39 is 48.3 Å². The highest BCUT2D eigenvalue weighted by Crippen LogP contribution is 2.42. The molecule has 1 aliphatic rings. The Bertz CT molecular complexity index is 772. The van der Waals surface area contributed by atoms with Crippen LogP contribution in [0.15, 0.2) is 35.5 Å². The molecule has 1 aliphatic carbocycles. The van der Waals surface area contributed by atoms with Crippen LogP contribution >= 0.6 is 0 Å². The van der Waals surface area contributed by atoms with Gasteiger partial charge in [-0.3, -0.25) is 0 Å². The third-order valence-electron chi connectivity index (χ3n) is 3.99. The lowest BCUT2D eigenvalue weighted by Crippen LogP contribution is -2.44. The third kappa shape index (κ3) is 3.56. The van der Waals surface area contributed by atoms with Gasteiger partial charge in [0.2, 0.25) is 0 Å². The van der Waals surface area contributed by atoms with Crippen LogP contribution in [0.1, 0.15) is 17.9 Å². The Kier molecular flexibility index (Phi) is 5.62. The van der Waals surface area contributed by atoms with Crippen molar-refractivity contribution in [2.45, 2.75) is 37.0 Å². The lowest BCUT2D eigenvalue weighted by molar-refractivity contribution is -0.00550. The van der Waals surface area contributed by atoms with E-state index in [1.807, 2.05) is 0 Å². The molecule has 4 unspecified atom stereocenters. The predicted octanol–water partition coefficient (Wildman–Crippen LogP) is 3.76. The fourth-order valence-corrected chi connectivity index (χ4v) is 2.76. The number of benzene rings is 1. The van der Waals surface area contributed by atoms with Gasteiger partial charge >= 0.3 is 0 Å². The number of hydrogen-bond acceptors (Lipinski definition) is 4. The van der Waals surface area contributed by atoms with Gasteiger partial charge in [-0.1, -0.05) is 18.2 Å². The van der Waals surface area contributed by atoms with Crippen LogP contribution in [0.5, 0.6) is 0 Å². The van der Waals surface area contributed by atoms with Crippen LogP contribution in [0.2, 0.25) is 0 Å². The zero-order valence-corrected chi connectivity index (χ0v) is 12.8. The maximum atomic E-state index is 14.3. The van der Waals surface area contributed by atoms with Gasteiger partial charge in [-0.25, -0.2) is 17.6 Å². The lowest BCUT2D eigenvalue weighted by atomic mass is 9.78. The maximum absolute atomic E-state index is 14.3. The minimum Gasteiger partial charge on any atom is -0.345 e. The van der Waals surface area contributed by atoms with Crippen molar-refractivity contribution in [1.29, 1.82) is 15.8 Å². The number of halogens is 4. The van der Waals surface area contributed by atoms with Gasteiger partial charge in [0.1, 0.15) is 48.6 Å². The van der Waals surface area contributed by atoms with E-state index in [0.29, 0.717) is 0 Å². The Morgan fingerprint density at radius 2 is 1.48 bits per heavy atom. The van der Waals surface area contributed by atoms with Crippen molar-refractivity contribution in [1.82, 2.24) is 0 Å². The van der Waals surface area contributed by atoms with Crippen LogP contribution in [-0.4, -0.2) is 24.7 Å². The topological polar surface area (TPSA) is 83.4 Å². The smallest absolute Gasteiger partial charge is 0.163 e. The second kappa shape index (κ2) is 7.68. The molecule has 1 N–H and O–H groups in total. The molecule has 0 radical (unpaired) electrons. The first-order valence-electron chi connectivity index (χ1n) is 7.31. The number of alkyl halides is 4. The molecular formula is C17H12F4N4. The molecule has 0 aromatic heterocycles. The Labute approximate surface area is 141 Å².